The molecule has 1 saturated carbocycles. The molecule has 2 heterocycles. The Morgan fingerprint density at radius 1 is 1.31 bits per heavy atom. The Kier molecular flexibility index (Phi) is 2.56. The third kappa shape index (κ3) is 1.70. The summed E-state index contributed by atoms with van der Waals surface area (Å²) in [4.78, 5) is 2.41. The zero-order valence-corrected chi connectivity index (χ0v) is 9.90. The van der Waals surface area contributed by atoms with Crippen LogP contribution in [0.15, 0.2) is 24.3 Å². The molecule has 3 fully saturated rings. The molecule has 0 aromatic heterocycles. The van der Waals surface area contributed by atoms with Crippen LogP contribution in [0.5, 0.6) is 0 Å². The van der Waals surface area contributed by atoms with Gasteiger partial charge in [0.1, 0.15) is 0 Å². The quantitative estimate of drug-likeness (QED) is 0.812. The van der Waals surface area contributed by atoms with Gasteiger partial charge < -0.3 is 10.0 Å². The first kappa shape index (κ1) is 10.4. The van der Waals surface area contributed by atoms with Gasteiger partial charge in [0.15, 0.2) is 0 Å². The molecule has 2 aliphatic heterocycles. The zero-order chi connectivity index (χ0) is 11.1. The maximum atomic E-state index is 9.87. The molecule has 1 N–H and O–H groups in total. The Labute approximate surface area is 101 Å². The van der Waals surface area contributed by atoms with Crippen LogP contribution < -0.4 is 4.90 Å². The number of piperidine rings is 2. The van der Waals surface area contributed by atoms with Crippen LogP contribution in [0.1, 0.15) is 19.3 Å². The van der Waals surface area contributed by atoms with Crippen molar-refractivity contribution in [2.45, 2.75) is 31.4 Å². The summed E-state index contributed by atoms with van der Waals surface area (Å²) in [5, 5.41) is 10.7. The van der Waals surface area contributed by atoms with E-state index in [1.54, 1.807) is 0 Å². The average Bonchev–Trinajstić information content (AvgIpc) is 2.29. The van der Waals surface area contributed by atoms with Gasteiger partial charge in [-0.1, -0.05) is 17.7 Å². The number of nitrogens with zero attached hydrogens (tertiary/aromatic N) is 1. The van der Waals surface area contributed by atoms with Crippen LogP contribution in [0.4, 0.5) is 5.69 Å². The predicted molar refractivity (Wildman–Crippen MR) is 65.9 cm³/mol. The number of hydrogen-bond donors (Lipinski definition) is 1. The minimum Gasteiger partial charge on any atom is -0.393 e. The molecule has 0 spiro atoms. The summed E-state index contributed by atoms with van der Waals surface area (Å²) in [7, 11) is 0. The molecule has 4 rings (SSSR count). The Hall–Kier alpha value is -0.730. The molecule has 3 atom stereocenters. The lowest BCUT2D eigenvalue weighted by atomic mass is 9.77. The second kappa shape index (κ2) is 3.94. The summed E-state index contributed by atoms with van der Waals surface area (Å²) in [6, 6.07) is 8.53. The smallest absolute Gasteiger partial charge is 0.0604 e. The van der Waals surface area contributed by atoms with Crippen LogP contribution in [0, 0.1) is 5.92 Å². The molecular formula is C13H16ClNO. The normalized spacial score (nSPS) is 33.1. The number of aliphatic hydroxyl groups is 1. The SMILES string of the molecule is OC1CC2CCC1CN2c1cccc(Cl)c1. The van der Waals surface area contributed by atoms with Crippen LogP contribution in [0.3, 0.4) is 0 Å². The second-order valence-electron chi connectivity index (χ2n) is 4.93. The summed E-state index contributed by atoms with van der Waals surface area (Å²) in [6.45, 7) is 0.978. The highest BCUT2D eigenvalue weighted by molar-refractivity contribution is 6.30. The molecule has 1 aliphatic carbocycles. The van der Waals surface area contributed by atoms with Crippen molar-refractivity contribution in [3.63, 3.8) is 0 Å². The van der Waals surface area contributed by atoms with Gasteiger partial charge in [-0.2, -0.15) is 0 Å². The van der Waals surface area contributed by atoms with Crippen molar-refractivity contribution in [2.75, 3.05) is 11.4 Å². The molecule has 86 valence electrons. The molecule has 2 bridgehead atoms. The van der Waals surface area contributed by atoms with E-state index in [0.29, 0.717) is 12.0 Å². The van der Waals surface area contributed by atoms with Gasteiger partial charge >= 0.3 is 0 Å². The fourth-order valence-corrected chi connectivity index (χ4v) is 3.24. The van der Waals surface area contributed by atoms with Crippen LogP contribution in [-0.2, 0) is 0 Å². The molecule has 3 unspecified atom stereocenters. The highest BCUT2D eigenvalue weighted by Gasteiger charge is 2.39. The Balaban J connectivity index is 1.87. The van der Waals surface area contributed by atoms with Crippen LogP contribution in [-0.4, -0.2) is 23.8 Å². The van der Waals surface area contributed by atoms with Gasteiger partial charge in [-0.25, -0.2) is 0 Å². The average molecular weight is 238 g/mol. The van der Waals surface area contributed by atoms with Crippen LogP contribution in [0.25, 0.3) is 0 Å². The molecular weight excluding hydrogens is 222 g/mol. The van der Waals surface area contributed by atoms with Crippen LogP contribution >= 0.6 is 11.6 Å². The van der Waals surface area contributed by atoms with E-state index in [4.69, 9.17) is 11.6 Å². The fourth-order valence-electron chi connectivity index (χ4n) is 3.06. The van der Waals surface area contributed by atoms with Crippen molar-refractivity contribution in [3.05, 3.63) is 29.3 Å². The van der Waals surface area contributed by atoms with Crippen molar-refractivity contribution in [1.29, 1.82) is 0 Å². The van der Waals surface area contributed by atoms with E-state index in [9.17, 15) is 5.11 Å². The number of benzene rings is 1. The summed E-state index contributed by atoms with van der Waals surface area (Å²) in [6.07, 6.45) is 3.20. The van der Waals surface area contributed by atoms with Gasteiger partial charge in [0.2, 0.25) is 0 Å². The van der Waals surface area contributed by atoms with E-state index in [1.807, 2.05) is 18.2 Å². The third-order valence-corrected chi connectivity index (χ3v) is 4.18. The molecule has 0 radical (unpaired) electrons. The summed E-state index contributed by atoms with van der Waals surface area (Å²) < 4.78 is 0. The highest BCUT2D eigenvalue weighted by atomic mass is 35.5. The molecule has 2 saturated heterocycles. The van der Waals surface area contributed by atoms with Crippen molar-refractivity contribution >= 4 is 17.3 Å². The molecule has 0 amide bonds. The van der Waals surface area contributed by atoms with Gasteiger partial charge in [0.05, 0.1) is 6.10 Å². The number of halogens is 1. The number of hydrogen-bond acceptors (Lipinski definition) is 2. The maximum Gasteiger partial charge on any atom is 0.0604 e. The minimum atomic E-state index is -0.0887. The molecule has 16 heavy (non-hydrogen) atoms. The van der Waals surface area contributed by atoms with Crippen LogP contribution in [0.2, 0.25) is 5.02 Å². The van der Waals surface area contributed by atoms with E-state index >= 15 is 0 Å². The van der Waals surface area contributed by atoms with Crippen molar-refractivity contribution in [3.8, 4) is 0 Å². The number of anilines is 1. The van der Waals surface area contributed by atoms with E-state index in [2.05, 4.69) is 11.0 Å². The van der Waals surface area contributed by atoms with E-state index in [0.717, 1.165) is 18.0 Å². The molecule has 2 nitrogen and oxygen atoms in total. The lowest BCUT2D eigenvalue weighted by Crippen LogP contribution is -2.54. The van der Waals surface area contributed by atoms with Gasteiger partial charge in [-0.3, -0.25) is 0 Å². The van der Waals surface area contributed by atoms with Gasteiger partial charge in [-0.05, 0) is 37.5 Å². The largest absolute Gasteiger partial charge is 0.393 e. The lowest BCUT2D eigenvalue weighted by Gasteiger charge is -2.49. The summed E-state index contributed by atoms with van der Waals surface area (Å²) >= 11 is 6.02. The lowest BCUT2D eigenvalue weighted by molar-refractivity contribution is 0.0373. The fraction of sp³-hybridized carbons (Fsp3) is 0.538. The number of aliphatic hydroxyl groups excluding tert-OH is 1. The monoisotopic (exact) mass is 237 g/mol. The standard InChI is InChI=1S/C13H16ClNO/c14-10-2-1-3-11(6-10)15-8-9-4-5-12(15)7-13(9)16/h1-3,6,9,12-13,16H,4-5,7-8H2. The van der Waals surface area contributed by atoms with Crippen molar-refractivity contribution in [2.24, 2.45) is 5.92 Å². The predicted octanol–water partition coefficient (Wildman–Crippen LogP) is 2.69. The maximum absolute atomic E-state index is 9.87. The van der Waals surface area contributed by atoms with Gasteiger partial charge in [-0.15, -0.1) is 0 Å². The molecule has 1 aromatic rings. The van der Waals surface area contributed by atoms with Crippen molar-refractivity contribution < 1.29 is 5.11 Å². The minimum absolute atomic E-state index is 0.0887. The van der Waals surface area contributed by atoms with Gasteiger partial charge in [0, 0.05) is 29.2 Å². The second-order valence-corrected chi connectivity index (χ2v) is 5.36. The molecule has 3 heteroatoms. The topological polar surface area (TPSA) is 23.5 Å². The van der Waals surface area contributed by atoms with E-state index in [1.165, 1.54) is 18.5 Å². The number of fused-ring (bicyclic) bond motifs is 3. The Morgan fingerprint density at radius 2 is 2.19 bits per heavy atom. The number of rotatable bonds is 1. The Morgan fingerprint density at radius 3 is 2.81 bits per heavy atom. The highest BCUT2D eigenvalue weighted by Crippen LogP contribution is 2.38. The van der Waals surface area contributed by atoms with E-state index in [-0.39, 0.29) is 6.10 Å². The summed E-state index contributed by atoms with van der Waals surface area (Å²) in [5.74, 6) is 0.448. The summed E-state index contributed by atoms with van der Waals surface area (Å²) in [5.41, 5.74) is 1.20. The Bertz CT molecular complexity index is 395. The van der Waals surface area contributed by atoms with Crippen molar-refractivity contribution in [1.82, 2.24) is 0 Å². The van der Waals surface area contributed by atoms with E-state index < -0.39 is 0 Å². The zero-order valence-electron chi connectivity index (χ0n) is 9.14. The molecule has 1 aromatic carbocycles. The molecule has 3 aliphatic rings. The first-order valence-electron chi connectivity index (χ1n) is 5.94. The first-order valence-corrected chi connectivity index (χ1v) is 6.32. The first-order chi connectivity index (χ1) is 7.74. The third-order valence-electron chi connectivity index (χ3n) is 3.94. The van der Waals surface area contributed by atoms with Gasteiger partial charge in [0.25, 0.3) is 0 Å².